The Balaban J connectivity index is 1.63. The van der Waals surface area contributed by atoms with Gasteiger partial charge < -0.3 is 10.2 Å². The van der Waals surface area contributed by atoms with Gasteiger partial charge in [0, 0.05) is 24.7 Å². The minimum atomic E-state index is 0.159. The van der Waals surface area contributed by atoms with E-state index in [1.807, 2.05) is 47.4 Å². The summed E-state index contributed by atoms with van der Waals surface area (Å²) in [7, 11) is 0. The van der Waals surface area contributed by atoms with Crippen molar-refractivity contribution in [3.05, 3.63) is 60.2 Å². The smallest absolute Gasteiger partial charge is 0.254 e. The molecular formula is C19H20N2O. The second kappa shape index (κ2) is 5.58. The number of carbonyl (C=O) groups is 1. The average Bonchev–Trinajstić information content (AvgIpc) is 2.56. The van der Waals surface area contributed by atoms with Crippen LogP contribution in [-0.2, 0) is 0 Å². The molecule has 2 atom stereocenters. The molecule has 0 unspecified atom stereocenters. The van der Waals surface area contributed by atoms with Crippen molar-refractivity contribution in [1.82, 2.24) is 10.2 Å². The van der Waals surface area contributed by atoms with E-state index in [2.05, 4.69) is 17.4 Å². The summed E-state index contributed by atoms with van der Waals surface area (Å²) in [5, 5.41) is 3.44. The zero-order valence-corrected chi connectivity index (χ0v) is 12.5. The molecule has 2 aromatic carbocycles. The van der Waals surface area contributed by atoms with Gasteiger partial charge in [-0.15, -0.1) is 0 Å². The van der Waals surface area contributed by atoms with Crippen molar-refractivity contribution in [1.29, 1.82) is 0 Å². The third kappa shape index (κ3) is 2.32. The van der Waals surface area contributed by atoms with Gasteiger partial charge in [0.15, 0.2) is 0 Å². The first kappa shape index (κ1) is 13.5. The van der Waals surface area contributed by atoms with Crippen LogP contribution in [0.5, 0.6) is 0 Å². The summed E-state index contributed by atoms with van der Waals surface area (Å²) in [5.41, 5.74) is 2.94. The molecule has 1 N–H and O–H groups in total. The summed E-state index contributed by atoms with van der Waals surface area (Å²) < 4.78 is 0. The molecule has 0 radical (unpaired) electrons. The Morgan fingerprint density at radius 1 is 1.05 bits per heavy atom. The standard InChI is InChI=1S/C19H20N2O/c22-19(21-11-10-15-12-20-18(15)13-21)17-9-5-4-8-16(17)14-6-2-1-3-7-14/h1-9,15,18,20H,10-13H2/t15-,18-/m0/s1. The molecule has 3 nitrogen and oxygen atoms in total. The molecule has 0 bridgehead atoms. The number of fused-ring (bicyclic) bond motifs is 1. The zero-order chi connectivity index (χ0) is 14.9. The highest BCUT2D eigenvalue weighted by Gasteiger charge is 2.37. The fourth-order valence-electron chi connectivity index (χ4n) is 3.51. The number of likely N-dealkylation sites (tertiary alicyclic amines) is 1. The van der Waals surface area contributed by atoms with Crippen molar-refractivity contribution < 1.29 is 4.79 Å². The van der Waals surface area contributed by atoms with Gasteiger partial charge >= 0.3 is 0 Å². The van der Waals surface area contributed by atoms with Gasteiger partial charge in [-0.25, -0.2) is 0 Å². The van der Waals surface area contributed by atoms with Gasteiger partial charge in [-0.3, -0.25) is 4.79 Å². The molecule has 2 aromatic rings. The topological polar surface area (TPSA) is 32.3 Å². The molecule has 2 aliphatic rings. The lowest BCUT2D eigenvalue weighted by molar-refractivity contribution is 0.0519. The Morgan fingerprint density at radius 2 is 1.82 bits per heavy atom. The normalized spacial score (nSPS) is 23.5. The summed E-state index contributed by atoms with van der Waals surface area (Å²) in [5.74, 6) is 0.931. The largest absolute Gasteiger partial charge is 0.337 e. The van der Waals surface area contributed by atoms with Crippen LogP contribution in [0.2, 0.25) is 0 Å². The SMILES string of the molecule is O=C(c1ccccc1-c1ccccc1)N1CC[C@H]2CN[C@H]2C1. The first-order valence-corrected chi connectivity index (χ1v) is 8.00. The number of nitrogens with zero attached hydrogens (tertiary/aromatic N) is 1. The minimum absolute atomic E-state index is 0.159. The molecule has 1 amide bonds. The zero-order valence-electron chi connectivity index (χ0n) is 12.5. The van der Waals surface area contributed by atoms with Crippen LogP contribution in [0.15, 0.2) is 54.6 Å². The highest BCUT2D eigenvalue weighted by Crippen LogP contribution is 2.28. The maximum absolute atomic E-state index is 13.0. The number of rotatable bonds is 2. The number of carbonyl (C=O) groups excluding carboxylic acids is 1. The monoisotopic (exact) mass is 292 g/mol. The summed E-state index contributed by atoms with van der Waals surface area (Å²) in [6.07, 6.45) is 1.12. The number of benzene rings is 2. The molecule has 112 valence electrons. The lowest BCUT2D eigenvalue weighted by Gasteiger charge is -2.46. The van der Waals surface area contributed by atoms with Crippen LogP contribution in [-0.4, -0.2) is 36.5 Å². The molecule has 0 aromatic heterocycles. The Bertz CT molecular complexity index is 683. The third-order valence-electron chi connectivity index (χ3n) is 4.93. The van der Waals surface area contributed by atoms with E-state index in [1.54, 1.807) is 0 Å². The fraction of sp³-hybridized carbons (Fsp3) is 0.316. The van der Waals surface area contributed by atoms with Gasteiger partial charge in [-0.05, 0) is 36.1 Å². The van der Waals surface area contributed by atoms with Crippen molar-refractivity contribution in [3.63, 3.8) is 0 Å². The summed E-state index contributed by atoms with van der Waals surface area (Å²) in [4.78, 5) is 15.0. The van der Waals surface area contributed by atoms with Gasteiger partial charge in [-0.1, -0.05) is 48.5 Å². The maximum atomic E-state index is 13.0. The van der Waals surface area contributed by atoms with Gasteiger partial charge in [-0.2, -0.15) is 0 Å². The van der Waals surface area contributed by atoms with Gasteiger partial charge in [0.2, 0.25) is 0 Å². The number of nitrogens with one attached hydrogen (secondary N) is 1. The van der Waals surface area contributed by atoms with Crippen molar-refractivity contribution in [3.8, 4) is 11.1 Å². The second-order valence-corrected chi connectivity index (χ2v) is 6.23. The highest BCUT2D eigenvalue weighted by molar-refractivity contribution is 6.01. The summed E-state index contributed by atoms with van der Waals surface area (Å²) >= 11 is 0. The summed E-state index contributed by atoms with van der Waals surface area (Å²) in [6, 6.07) is 18.6. The van der Waals surface area contributed by atoms with Crippen LogP contribution >= 0.6 is 0 Å². The van der Waals surface area contributed by atoms with Crippen molar-refractivity contribution in [2.45, 2.75) is 12.5 Å². The van der Waals surface area contributed by atoms with Crippen LogP contribution in [0.1, 0.15) is 16.8 Å². The van der Waals surface area contributed by atoms with E-state index in [0.717, 1.165) is 48.7 Å². The quantitative estimate of drug-likeness (QED) is 0.923. The Morgan fingerprint density at radius 3 is 2.55 bits per heavy atom. The van der Waals surface area contributed by atoms with Gasteiger partial charge in [0.05, 0.1) is 0 Å². The van der Waals surface area contributed by atoms with Crippen LogP contribution in [0.25, 0.3) is 11.1 Å². The number of hydrogen-bond donors (Lipinski definition) is 1. The van der Waals surface area contributed by atoms with Crippen LogP contribution < -0.4 is 5.32 Å². The van der Waals surface area contributed by atoms with Gasteiger partial charge in [0.1, 0.15) is 0 Å². The van der Waals surface area contributed by atoms with E-state index in [9.17, 15) is 4.79 Å². The fourth-order valence-corrected chi connectivity index (χ4v) is 3.51. The van der Waals surface area contributed by atoms with Crippen LogP contribution in [0, 0.1) is 5.92 Å². The predicted octanol–water partition coefficient (Wildman–Crippen LogP) is 2.79. The molecule has 0 spiro atoms. The predicted molar refractivity (Wildman–Crippen MR) is 87.7 cm³/mol. The van der Waals surface area contributed by atoms with Crippen LogP contribution in [0.4, 0.5) is 0 Å². The molecule has 0 saturated carbocycles. The molecule has 2 aliphatic heterocycles. The van der Waals surface area contributed by atoms with Crippen LogP contribution in [0.3, 0.4) is 0 Å². The van der Waals surface area contributed by atoms with E-state index >= 15 is 0 Å². The van der Waals surface area contributed by atoms with Crippen molar-refractivity contribution in [2.24, 2.45) is 5.92 Å². The van der Waals surface area contributed by atoms with Crippen molar-refractivity contribution in [2.75, 3.05) is 19.6 Å². The van der Waals surface area contributed by atoms with E-state index in [4.69, 9.17) is 0 Å². The Hall–Kier alpha value is -2.13. The van der Waals surface area contributed by atoms with Gasteiger partial charge in [0.25, 0.3) is 5.91 Å². The van der Waals surface area contributed by atoms with E-state index in [1.165, 1.54) is 0 Å². The van der Waals surface area contributed by atoms with E-state index < -0.39 is 0 Å². The molecule has 2 fully saturated rings. The number of hydrogen-bond acceptors (Lipinski definition) is 2. The Labute approximate surface area is 131 Å². The molecule has 3 heteroatoms. The maximum Gasteiger partial charge on any atom is 0.254 e. The van der Waals surface area contributed by atoms with Crippen molar-refractivity contribution >= 4 is 5.91 Å². The highest BCUT2D eigenvalue weighted by atomic mass is 16.2. The summed E-state index contributed by atoms with van der Waals surface area (Å²) in [6.45, 7) is 2.84. The average molecular weight is 292 g/mol. The van der Waals surface area contributed by atoms with E-state index in [-0.39, 0.29) is 5.91 Å². The second-order valence-electron chi connectivity index (χ2n) is 6.23. The molecule has 2 heterocycles. The molecule has 2 saturated heterocycles. The first-order valence-electron chi connectivity index (χ1n) is 8.00. The lowest BCUT2D eigenvalue weighted by Crippen LogP contribution is -2.62. The lowest BCUT2D eigenvalue weighted by atomic mass is 9.84. The third-order valence-corrected chi connectivity index (χ3v) is 4.93. The number of amides is 1. The molecule has 4 rings (SSSR count). The minimum Gasteiger partial charge on any atom is -0.337 e. The van der Waals surface area contributed by atoms with E-state index in [0.29, 0.717) is 6.04 Å². The molecular weight excluding hydrogens is 272 g/mol. The Kier molecular flexibility index (Phi) is 3.43. The first-order chi connectivity index (χ1) is 10.8. The molecule has 0 aliphatic carbocycles. The number of piperidine rings is 1. The molecule has 22 heavy (non-hydrogen) atoms.